The summed E-state index contributed by atoms with van der Waals surface area (Å²) >= 11 is 0. The van der Waals surface area contributed by atoms with Crippen molar-refractivity contribution >= 4 is 35.6 Å². The van der Waals surface area contributed by atoms with E-state index in [1.165, 1.54) is 24.3 Å². The van der Waals surface area contributed by atoms with Crippen LogP contribution in [0.5, 0.6) is 5.75 Å². The highest BCUT2D eigenvalue weighted by molar-refractivity contribution is 5.96. The highest BCUT2D eigenvalue weighted by Crippen LogP contribution is 2.14. The molecule has 0 spiro atoms. The maximum absolute atomic E-state index is 13.5. The van der Waals surface area contributed by atoms with Gasteiger partial charge in [-0.1, -0.05) is 60.1 Å². The average molecular weight is 622 g/mol. The quantitative estimate of drug-likeness (QED) is 0.113. The maximum atomic E-state index is 13.5. The van der Waals surface area contributed by atoms with Crippen LogP contribution in [-0.2, 0) is 35.2 Å². The van der Waals surface area contributed by atoms with Gasteiger partial charge in [0.15, 0.2) is 0 Å². The van der Waals surface area contributed by atoms with Gasteiger partial charge in [-0.2, -0.15) is 0 Å². The van der Waals surface area contributed by atoms with E-state index in [4.69, 9.17) is 10.8 Å². The minimum absolute atomic E-state index is 0.0161. The smallest absolute Gasteiger partial charge is 0.326 e. The third-order valence-electron chi connectivity index (χ3n) is 7.10. The van der Waals surface area contributed by atoms with Crippen LogP contribution in [0.4, 0.5) is 0 Å². The summed E-state index contributed by atoms with van der Waals surface area (Å²) in [4.78, 5) is 75.6. The van der Waals surface area contributed by atoms with Gasteiger partial charge < -0.3 is 42.3 Å². The van der Waals surface area contributed by atoms with Crippen LogP contribution in [0.2, 0.25) is 0 Å². The fourth-order valence-corrected chi connectivity index (χ4v) is 4.33. The number of benzene rings is 1. The third kappa shape index (κ3) is 12.6. The molecule has 44 heavy (non-hydrogen) atoms. The monoisotopic (exact) mass is 621 g/mol. The first-order valence-corrected chi connectivity index (χ1v) is 14.7. The van der Waals surface area contributed by atoms with E-state index in [9.17, 15) is 39.0 Å². The highest BCUT2D eigenvalue weighted by atomic mass is 16.4. The molecule has 9 N–H and O–H groups in total. The number of amides is 4. The van der Waals surface area contributed by atoms with Crippen LogP contribution >= 0.6 is 0 Å². The molecule has 0 bridgehead atoms. The van der Waals surface area contributed by atoms with Gasteiger partial charge >= 0.3 is 11.9 Å². The Labute approximate surface area is 257 Å². The number of rotatable bonds is 18. The largest absolute Gasteiger partial charge is 0.508 e. The Morgan fingerprint density at radius 3 is 1.75 bits per heavy atom. The van der Waals surface area contributed by atoms with Gasteiger partial charge in [-0.3, -0.25) is 24.0 Å². The van der Waals surface area contributed by atoms with Gasteiger partial charge in [0.2, 0.25) is 23.6 Å². The van der Waals surface area contributed by atoms with Crippen molar-refractivity contribution in [2.24, 2.45) is 23.5 Å². The first kappa shape index (κ1) is 37.8. The lowest BCUT2D eigenvalue weighted by atomic mass is 9.96. The van der Waals surface area contributed by atoms with E-state index in [1.807, 2.05) is 13.8 Å². The molecular weight excluding hydrogens is 574 g/mol. The fraction of sp³-hybridized carbons (Fsp3) is 0.600. The molecule has 1 rings (SSSR count). The van der Waals surface area contributed by atoms with Gasteiger partial charge in [0, 0.05) is 6.42 Å². The summed E-state index contributed by atoms with van der Waals surface area (Å²) < 4.78 is 0. The molecule has 0 saturated carbocycles. The molecule has 0 aliphatic carbocycles. The average Bonchev–Trinajstić information content (AvgIpc) is 2.93. The molecule has 0 saturated heterocycles. The molecule has 0 fully saturated rings. The summed E-state index contributed by atoms with van der Waals surface area (Å²) in [6, 6.07) is -0.276. The second kappa shape index (κ2) is 17.8. The van der Waals surface area contributed by atoms with Crippen molar-refractivity contribution in [2.75, 3.05) is 0 Å². The van der Waals surface area contributed by atoms with Crippen LogP contribution in [-0.4, -0.2) is 81.1 Å². The number of nitrogens with two attached hydrogens (primary N) is 1. The predicted molar refractivity (Wildman–Crippen MR) is 161 cm³/mol. The van der Waals surface area contributed by atoms with Crippen molar-refractivity contribution in [1.29, 1.82) is 0 Å². The summed E-state index contributed by atoms with van der Waals surface area (Å²) in [5, 5.41) is 38.4. The van der Waals surface area contributed by atoms with Crippen molar-refractivity contribution in [3.63, 3.8) is 0 Å². The number of phenolic OH excluding ortho intramolecular Hbond substituents is 1. The Morgan fingerprint density at radius 1 is 0.750 bits per heavy atom. The Balaban J connectivity index is 3.22. The fourth-order valence-electron chi connectivity index (χ4n) is 4.33. The van der Waals surface area contributed by atoms with E-state index in [0.29, 0.717) is 12.0 Å². The number of nitrogens with one attached hydrogen (secondary N) is 4. The summed E-state index contributed by atoms with van der Waals surface area (Å²) in [7, 11) is 0. The standard InChI is InChI=1S/C30H47N5O9/c1-7-17(6)25(30(43)44)35-27(40)21(12-15(2)3)33-29(42)24(16(4)5)34-28(41)22(13-18-8-10-19(36)11-9-18)32-26(39)20(31)14-23(37)38/h8-11,15-17,20-22,24-25,36H,7,12-14,31H2,1-6H3,(H,32,39)(H,33,42)(H,34,41)(H,35,40)(H,37,38)(H,43,44)/t17-,20-,21-,22-,24-,25-/m0/s1. The minimum atomic E-state index is -1.44. The van der Waals surface area contributed by atoms with Crippen LogP contribution < -0.4 is 27.0 Å². The van der Waals surface area contributed by atoms with Crippen molar-refractivity contribution in [2.45, 2.75) is 97.4 Å². The Kier molecular flexibility index (Phi) is 15.3. The zero-order valence-electron chi connectivity index (χ0n) is 26.1. The number of carboxylic acids is 2. The summed E-state index contributed by atoms with van der Waals surface area (Å²) in [5.74, 6) is -6.42. The first-order valence-electron chi connectivity index (χ1n) is 14.7. The molecule has 0 heterocycles. The molecule has 0 aromatic heterocycles. The van der Waals surface area contributed by atoms with E-state index in [0.717, 1.165) is 0 Å². The third-order valence-corrected chi connectivity index (χ3v) is 7.10. The first-order chi connectivity index (χ1) is 20.5. The highest BCUT2D eigenvalue weighted by Gasteiger charge is 2.34. The van der Waals surface area contributed by atoms with Crippen LogP contribution in [0.15, 0.2) is 24.3 Å². The number of hydrogen-bond donors (Lipinski definition) is 8. The van der Waals surface area contributed by atoms with Gasteiger partial charge in [0.05, 0.1) is 12.5 Å². The number of carboxylic acid groups (broad SMARTS) is 2. The Hall–Kier alpha value is -4.20. The molecule has 0 radical (unpaired) electrons. The van der Waals surface area contributed by atoms with E-state index in [-0.39, 0.29) is 30.4 Å². The van der Waals surface area contributed by atoms with E-state index in [2.05, 4.69) is 21.3 Å². The number of aromatic hydroxyl groups is 1. The Morgan fingerprint density at radius 2 is 1.27 bits per heavy atom. The van der Waals surface area contributed by atoms with Crippen molar-refractivity contribution in [1.82, 2.24) is 21.3 Å². The number of phenols is 1. The van der Waals surface area contributed by atoms with Gasteiger partial charge in [-0.15, -0.1) is 0 Å². The van der Waals surface area contributed by atoms with E-state index >= 15 is 0 Å². The number of aliphatic carboxylic acids is 2. The minimum Gasteiger partial charge on any atom is -0.508 e. The van der Waals surface area contributed by atoms with E-state index < -0.39 is 78.1 Å². The van der Waals surface area contributed by atoms with Crippen LogP contribution in [0, 0.1) is 17.8 Å². The van der Waals surface area contributed by atoms with Gasteiger partial charge in [0.25, 0.3) is 0 Å². The second-order valence-electron chi connectivity index (χ2n) is 11.8. The Bertz CT molecular complexity index is 1160. The lowest BCUT2D eigenvalue weighted by Crippen LogP contribution is -2.60. The molecule has 0 aliphatic heterocycles. The SMILES string of the molecule is CC[C@H](C)[C@H](NC(=O)[C@H](CC(C)C)NC(=O)[C@@H](NC(=O)[C@H](Cc1ccc(O)cc1)NC(=O)[C@@H](N)CC(=O)O)C(C)C)C(=O)O. The summed E-state index contributed by atoms with van der Waals surface area (Å²) in [5.41, 5.74) is 6.23. The van der Waals surface area contributed by atoms with Gasteiger partial charge in [-0.25, -0.2) is 4.79 Å². The molecule has 14 heteroatoms. The number of carbonyl (C=O) groups is 6. The molecule has 246 valence electrons. The zero-order chi connectivity index (χ0) is 33.7. The molecular formula is C30H47N5O9. The summed E-state index contributed by atoms with van der Waals surface area (Å²) in [6.07, 6.45) is -0.0444. The summed E-state index contributed by atoms with van der Waals surface area (Å²) in [6.45, 7) is 10.5. The van der Waals surface area contributed by atoms with Gasteiger partial charge in [0.1, 0.15) is 29.9 Å². The topological polar surface area (TPSA) is 237 Å². The van der Waals surface area contributed by atoms with Crippen molar-refractivity contribution < 1.29 is 44.1 Å². The van der Waals surface area contributed by atoms with Gasteiger partial charge in [-0.05, 0) is 41.9 Å². The molecule has 14 nitrogen and oxygen atoms in total. The molecule has 1 aromatic carbocycles. The van der Waals surface area contributed by atoms with Crippen molar-refractivity contribution in [3.8, 4) is 5.75 Å². The van der Waals surface area contributed by atoms with Crippen molar-refractivity contribution in [3.05, 3.63) is 29.8 Å². The predicted octanol–water partition coefficient (Wildman–Crippen LogP) is 0.509. The van der Waals surface area contributed by atoms with E-state index in [1.54, 1.807) is 27.7 Å². The number of hydrogen-bond acceptors (Lipinski definition) is 8. The second-order valence-corrected chi connectivity index (χ2v) is 11.8. The lowest BCUT2D eigenvalue weighted by Gasteiger charge is -2.29. The van der Waals surface area contributed by atoms with Crippen LogP contribution in [0.1, 0.15) is 66.4 Å². The molecule has 0 unspecified atom stereocenters. The molecule has 4 amide bonds. The van der Waals surface area contributed by atoms with Crippen LogP contribution in [0.3, 0.4) is 0 Å². The molecule has 1 aromatic rings. The lowest BCUT2D eigenvalue weighted by molar-refractivity contribution is -0.144. The number of carbonyl (C=O) groups excluding carboxylic acids is 4. The normalized spacial score (nSPS) is 15.3. The maximum Gasteiger partial charge on any atom is 0.326 e. The molecule has 6 atom stereocenters. The zero-order valence-corrected chi connectivity index (χ0v) is 26.1. The molecule has 0 aliphatic rings. The van der Waals surface area contributed by atoms with Crippen LogP contribution in [0.25, 0.3) is 0 Å².